The molecule has 1 saturated heterocycles. The molecule has 1 aliphatic rings. The van der Waals surface area contributed by atoms with E-state index in [4.69, 9.17) is 4.52 Å². The van der Waals surface area contributed by atoms with Gasteiger partial charge in [-0.15, -0.1) is 0 Å². The zero-order valence-electron chi connectivity index (χ0n) is 9.90. The number of likely N-dealkylation sites (N-methyl/N-ethyl adjacent to an activating group) is 1. The number of carbonyl (C=O) groups is 2. The van der Waals surface area contributed by atoms with Gasteiger partial charge in [0.05, 0.1) is 5.69 Å². The third kappa shape index (κ3) is 2.30. The maximum atomic E-state index is 11.8. The van der Waals surface area contributed by atoms with Crippen LogP contribution >= 0.6 is 0 Å². The van der Waals surface area contributed by atoms with Crippen LogP contribution in [0, 0.1) is 6.92 Å². The second-order valence-electron chi connectivity index (χ2n) is 4.07. The van der Waals surface area contributed by atoms with Gasteiger partial charge in [-0.3, -0.25) is 9.59 Å². The first-order chi connectivity index (χ1) is 8.11. The SMILES string of the molecule is CCN1CCC(NC(=O)c2cc(C)no2)C1=O. The second kappa shape index (κ2) is 4.57. The molecule has 2 rings (SSSR count). The Bertz CT molecular complexity index is 441. The van der Waals surface area contributed by atoms with Gasteiger partial charge in [-0.25, -0.2) is 0 Å². The third-order valence-electron chi connectivity index (χ3n) is 2.84. The molecule has 1 aromatic rings. The minimum Gasteiger partial charge on any atom is -0.351 e. The van der Waals surface area contributed by atoms with Crippen LogP contribution in [0.15, 0.2) is 10.6 Å². The lowest BCUT2D eigenvalue weighted by molar-refractivity contribution is -0.129. The van der Waals surface area contributed by atoms with Crippen molar-refractivity contribution in [3.63, 3.8) is 0 Å². The predicted octanol–water partition coefficient (Wildman–Crippen LogP) is 0.334. The molecule has 1 aromatic heterocycles. The van der Waals surface area contributed by atoms with E-state index in [1.165, 1.54) is 0 Å². The van der Waals surface area contributed by atoms with E-state index in [0.717, 1.165) is 0 Å². The monoisotopic (exact) mass is 237 g/mol. The van der Waals surface area contributed by atoms with Crippen molar-refractivity contribution in [2.24, 2.45) is 0 Å². The zero-order valence-corrected chi connectivity index (χ0v) is 9.90. The number of aromatic nitrogens is 1. The van der Waals surface area contributed by atoms with Crippen molar-refractivity contribution in [2.75, 3.05) is 13.1 Å². The van der Waals surface area contributed by atoms with Crippen molar-refractivity contribution in [2.45, 2.75) is 26.3 Å². The number of nitrogens with one attached hydrogen (secondary N) is 1. The molecule has 2 heterocycles. The number of carbonyl (C=O) groups excluding carboxylic acids is 2. The number of hydrogen-bond acceptors (Lipinski definition) is 4. The predicted molar refractivity (Wildman–Crippen MR) is 59.4 cm³/mol. The summed E-state index contributed by atoms with van der Waals surface area (Å²) in [6, 6.07) is 1.11. The highest BCUT2D eigenvalue weighted by Crippen LogP contribution is 2.11. The average molecular weight is 237 g/mol. The smallest absolute Gasteiger partial charge is 0.290 e. The third-order valence-corrected chi connectivity index (χ3v) is 2.84. The Hall–Kier alpha value is -1.85. The van der Waals surface area contributed by atoms with Gasteiger partial charge in [-0.1, -0.05) is 5.16 Å². The Balaban J connectivity index is 1.98. The highest BCUT2D eigenvalue weighted by molar-refractivity contribution is 5.96. The van der Waals surface area contributed by atoms with E-state index in [1.54, 1.807) is 17.9 Å². The molecule has 17 heavy (non-hydrogen) atoms. The van der Waals surface area contributed by atoms with Crippen LogP contribution in [0.1, 0.15) is 29.6 Å². The quantitative estimate of drug-likeness (QED) is 0.822. The molecular weight excluding hydrogens is 222 g/mol. The lowest BCUT2D eigenvalue weighted by atomic mass is 10.2. The van der Waals surface area contributed by atoms with Crippen LogP contribution in [-0.2, 0) is 4.79 Å². The number of aryl methyl sites for hydroxylation is 1. The molecular formula is C11H15N3O3. The fourth-order valence-electron chi connectivity index (χ4n) is 1.89. The maximum Gasteiger partial charge on any atom is 0.290 e. The summed E-state index contributed by atoms with van der Waals surface area (Å²) in [7, 11) is 0. The van der Waals surface area contributed by atoms with Crippen LogP contribution in [0.4, 0.5) is 0 Å². The average Bonchev–Trinajstić information content (AvgIpc) is 2.87. The summed E-state index contributed by atoms with van der Waals surface area (Å²) in [5.74, 6) is -0.274. The van der Waals surface area contributed by atoms with Crippen LogP contribution < -0.4 is 5.32 Å². The van der Waals surface area contributed by atoms with Gasteiger partial charge in [-0.05, 0) is 20.3 Å². The van der Waals surface area contributed by atoms with E-state index in [0.29, 0.717) is 25.2 Å². The van der Waals surface area contributed by atoms with Crippen LogP contribution in [0.5, 0.6) is 0 Å². The normalized spacial score (nSPS) is 19.8. The molecule has 1 N–H and O–H groups in total. The minimum atomic E-state index is -0.437. The summed E-state index contributed by atoms with van der Waals surface area (Å²) in [5.41, 5.74) is 0.642. The molecule has 0 bridgehead atoms. The minimum absolute atomic E-state index is 0.0305. The summed E-state index contributed by atoms with van der Waals surface area (Å²) < 4.78 is 4.84. The van der Waals surface area contributed by atoms with Crippen molar-refractivity contribution >= 4 is 11.8 Å². The number of rotatable bonds is 3. The van der Waals surface area contributed by atoms with E-state index in [2.05, 4.69) is 10.5 Å². The van der Waals surface area contributed by atoms with Gasteiger partial charge in [-0.2, -0.15) is 0 Å². The second-order valence-corrected chi connectivity index (χ2v) is 4.07. The highest BCUT2D eigenvalue weighted by atomic mass is 16.5. The van der Waals surface area contributed by atoms with Crippen molar-refractivity contribution in [1.29, 1.82) is 0 Å². The first-order valence-corrected chi connectivity index (χ1v) is 5.64. The largest absolute Gasteiger partial charge is 0.351 e. The Morgan fingerprint density at radius 2 is 2.47 bits per heavy atom. The molecule has 0 radical (unpaired) electrons. The fourth-order valence-corrected chi connectivity index (χ4v) is 1.89. The molecule has 1 atom stereocenters. The molecule has 0 saturated carbocycles. The lowest BCUT2D eigenvalue weighted by Gasteiger charge is -2.13. The van der Waals surface area contributed by atoms with E-state index in [-0.39, 0.29) is 17.6 Å². The molecule has 1 unspecified atom stereocenters. The van der Waals surface area contributed by atoms with Gasteiger partial charge >= 0.3 is 0 Å². The first kappa shape index (κ1) is 11.6. The Morgan fingerprint density at radius 3 is 3.00 bits per heavy atom. The van der Waals surface area contributed by atoms with Crippen molar-refractivity contribution in [3.8, 4) is 0 Å². The number of amides is 2. The summed E-state index contributed by atoms with van der Waals surface area (Å²) in [6.07, 6.45) is 0.644. The Morgan fingerprint density at radius 1 is 1.71 bits per heavy atom. The number of nitrogens with zero attached hydrogens (tertiary/aromatic N) is 2. The fraction of sp³-hybridized carbons (Fsp3) is 0.545. The summed E-state index contributed by atoms with van der Waals surface area (Å²) in [6.45, 7) is 5.02. The van der Waals surface area contributed by atoms with Crippen LogP contribution in [0.2, 0.25) is 0 Å². The molecule has 6 heteroatoms. The van der Waals surface area contributed by atoms with Gasteiger partial charge in [0, 0.05) is 19.2 Å². The standard InChI is InChI=1S/C11H15N3O3/c1-3-14-5-4-8(11(14)16)12-10(15)9-6-7(2)13-17-9/h6,8H,3-5H2,1-2H3,(H,12,15). The van der Waals surface area contributed by atoms with Gasteiger partial charge in [0.1, 0.15) is 6.04 Å². The number of hydrogen-bond donors (Lipinski definition) is 1. The molecule has 1 aliphatic heterocycles. The van der Waals surface area contributed by atoms with Crippen molar-refractivity contribution in [3.05, 3.63) is 17.5 Å². The van der Waals surface area contributed by atoms with Crippen LogP contribution in [0.25, 0.3) is 0 Å². The van der Waals surface area contributed by atoms with Gasteiger partial charge < -0.3 is 14.7 Å². The van der Waals surface area contributed by atoms with E-state index in [9.17, 15) is 9.59 Å². The molecule has 0 spiro atoms. The van der Waals surface area contributed by atoms with Gasteiger partial charge in [0.2, 0.25) is 11.7 Å². The molecule has 1 fully saturated rings. The van der Waals surface area contributed by atoms with Gasteiger partial charge in [0.25, 0.3) is 5.91 Å². The molecule has 0 aromatic carbocycles. The molecule has 92 valence electrons. The molecule has 0 aliphatic carbocycles. The van der Waals surface area contributed by atoms with Crippen molar-refractivity contribution in [1.82, 2.24) is 15.4 Å². The highest BCUT2D eigenvalue weighted by Gasteiger charge is 2.32. The Labute approximate surface area is 98.9 Å². The van der Waals surface area contributed by atoms with Gasteiger partial charge in [0.15, 0.2) is 0 Å². The van der Waals surface area contributed by atoms with Crippen LogP contribution in [0.3, 0.4) is 0 Å². The van der Waals surface area contributed by atoms with E-state index < -0.39 is 6.04 Å². The molecule has 2 amide bonds. The topological polar surface area (TPSA) is 75.4 Å². The Kier molecular flexibility index (Phi) is 3.12. The number of likely N-dealkylation sites (tertiary alicyclic amines) is 1. The van der Waals surface area contributed by atoms with E-state index in [1.807, 2.05) is 6.92 Å². The summed E-state index contributed by atoms with van der Waals surface area (Å²) >= 11 is 0. The summed E-state index contributed by atoms with van der Waals surface area (Å²) in [5, 5.41) is 6.29. The van der Waals surface area contributed by atoms with E-state index >= 15 is 0 Å². The van der Waals surface area contributed by atoms with Crippen LogP contribution in [-0.4, -0.2) is 41.0 Å². The zero-order chi connectivity index (χ0) is 12.4. The lowest BCUT2D eigenvalue weighted by Crippen LogP contribution is -2.41. The molecule has 6 nitrogen and oxygen atoms in total. The first-order valence-electron chi connectivity index (χ1n) is 5.64. The maximum absolute atomic E-state index is 11.8. The van der Waals surface area contributed by atoms with Crippen molar-refractivity contribution < 1.29 is 14.1 Å². The summed E-state index contributed by atoms with van der Waals surface area (Å²) in [4.78, 5) is 25.2.